The zero-order chi connectivity index (χ0) is 21.7. The second-order valence-electron chi connectivity index (χ2n) is 7.68. The number of carbonyl (C=O) groups excluding carboxylic acids is 1. The lowest BCUT2D eigenvalue weighted by Gasteiger charge is -2.24. The van der Waals surface area contributed by atoms with Gasteiger partial charge in [-0.25, -0.2) is 15.1 Å². The molecular formula is C18H25N7O5. The molecule has 12 heteroatoms. The minimum Gasteiger partial charge on any atom is -0.478 e. The molecule has 0 aromatic heterocycles. The van der Waals surface area contributed by atoms with Gasteiger partial charge in [0.15, 0.2) is 0 Å². The van der Waals surface area contributed by atoms with Crippen LogP contribution < -0.4 is 16.4 Å². The van der Waals surface area contributed by atoms with Crippen LogP contribution in [0.25, 0.3) is 0 Å². The third-order valence-corrected chi connectivity index (χ3v) is 5.77. The molecular weight excluding hydrogens is 394 g/mol. The SMILES string of the molecule is N#C[C@@H]1C(/C(=C/C(=O)O)C(=O)O)CCN1C(=O)CN[C@@H]1CCC(CN2C=NNN2)C1. The van der Waals surface area contributed by atoms with Crippen molar-refractivity contribution in [2.24, 2.45) is 16.9 Å². The molecule has 5 N–H and O–H groups in total. The van der Waals surface area contributed by atoms with E-state index >= 15 is 0 Å². The van der Waals surface area contributed by atoms with E-state index in [1.54, 1.807) is 6.34 Å². The van der Waals surface area contributed by atoms with Crippen LogP contribution in [0.3, 0.4) is 0 Å². The van der Waals surface area contributed by atoms with E-state index in [1.165, 1.54) is 4.90 Å². The molecule has 12 nitrogen and oxygen atoms in total. The molecule has 3 aliphatic rings. The smallest absolute Gasteiger partial charge is 0.332 e. The quantitative estimate of drug-likeness (QED) is 0.303. The maximum Gasteiger partial charge on any atom is 0.332 e. The monoisotopic (exact) mass is 419 g/mol. The highest BCUT2D eigenvalue weighted by atomic mass is 16.4. The number of carboxylic acid groups (broad SMARTS) is 2. The van der Waals surface area contributed by atoms with Gasteiger partial charge in [-0.05, 0) is 31.6 Å². The van der Waals surface area contributed by atoms with Gasteiger partial charge < -0.3 is 20.4 Å². The first-order valence-electron chi connectivity index (χ1n) is 9.79. The van der Waals surface area contributed by atoms with Crippen LogP contribution in [-0.2, 0) is 14.4 Å². The normalized spacial score (nSPS) is 28.4. The molecule has 2 heterocycles. The Hall–Kier alpha value is -3.17. The van der Waals surface area contributed by atoms with Gasteiger partial charge in [-0.2, -0.15) is 10.4 Å². The average molecular weight is 419 g/mol. The van der Waals surface area contributed by atoms with E-state index in [-0.39, 0.29) is 37.0 Å². The predicted molar refractivity (Wildman–Crippen MR) is 103 cm³/mol. The van der Waals surface area contributed by atoms with Gasteiger partial charge in [0.2, 0.25) is 5.91 Å². The molecule has 0 spiro atoms. The van der Waals surface area contributed by atoms with Crippen LogP contribution in [0.15, 0.2) is 16.8 Å². The fraction of sp³-hybridized carbons (Fsp3) is 0.611. The van der Waals surface area contributed by atoms with E-state index in [1.807, 2.05) is 11.1 Å². The predicted octanol–water partition coefficient (Wildman–Crippen LogP) is -1.15. The number of hydrogen-bond donors (Lipinski definition) is 5. The number of likely N-dealkylation sites (tertiary alicyclic amines) is 1. The molecule has 2 unspecified atom stereocenters. The van der Waals surface area contributed by atoms with Crippen molar-refractivity contribution in [1.82, 2.24) is 26.3 Å². The first-order chi connectivity index (χ1) is 14.4. The summed E-state index contributed by atoms with van der Waals surface area (Å²) in [6, 6.07) is 1.17. The Morgan fingerprint density at radius 1 is 1.30 bits per heavy atom. The van der Waals surface area contributed by atoms with E-state index in [4.69, 9.17) is 5.11 Å². The van der Waals surface area contributed by atoms with Crippen molar-refractivity contribution >= 4 is 24.2 Å². The van der Waals surface area contributed by atoms with E-state index in [0.29, 0.717) is 12.0 Å². The number of carboxylic acids is 2. The molecule has 1 aliphatic carbocycles. The molecule has 30 heavy (non-hydrogen) atoms. The summed E-state index contributed by atoms with van der Waals surface area (Å²) in [5.74, 6) is -3.44. The second-order valence-corrected chi connectivity index (χ2v) is 7.68. The highest BCUT2D eigenvalue weighted by Gasteiger charge is 2.41. The lowest BCUT2D eigenvalue weighted by Crippen LogP contribution is -2.44. The van der Waals surface area contributed by atoms with Crippen molar-refractivity contribution in [3.63, 3.8) is 0 Å². The molecule has 3 rings (SSSR count). The van der Waals surface area contributed by atoms with Crippen LogP contribution in [0.1, 0.15) is 25.7 Å². The van der Waals surface area contributed by atoms with Crippen molar-refractivity contribution < 1.29 is 24.6 Å². The van der Waals surface area contributed by atoms with Gasteiger partial charge in [0, 0.05) is 31.1 Å². The van der Waals surface area contributed by atoms with Gasteiger partial charge in [0.25, 0.3) is 0 Å². The summed E-state index contributed by atoms with van der Waals surface area (Å²) < 4.78 is 0. The van der Waals surface area contributed by atoms with Crippen molar-refractivity contribution in [3.8, 4) is 6.07 Å². The van der Waals surface area contributed by atoms with Crippen LogP contribution in [-0.4, -0.2) is 76.0 Å². The number of carbonyl (C=O) groups is 3. The van der Waals surface area contributed by atoms with Crippen LogP contribution in [0.2, 0.25) is 0 Å². The maximum atomic E-state index is 12.7. The van der Waals surface area contributed by atoms with Crippen LogP contribution >= 0.6 is 0 Å². The molecule has 1 saturated heterocycles. The van der Waals surface area contributed by atoms with Crippen LogP contribution in [0, 0.1) is 23.2 Å². The first-order valence-corrected chi connectivity index (χ1v) is 9.79. The summed E-state index contributed by atoms with van der Waals surface area (Å²) in [5.41, 5.74) is 5.19. The zero-order valence-corrected chi connectivity index (χ0v) is 16.3. The van der Waals surface area contributed by atoms with Crippen molar-refractivity contribution in [1.29, 1.82) is 5.26 Å². The number of hydrogen-bond acceptors (Lipinski definition) is 9. The molecule has 0 bridgehead atoms. The largest absolute Gasteiger partial charge is 0.478 e. The number of nitrogens with zero attached hydrogens (tertiary/aromatic N) is 4. The molecule has 0 radical (unpaired) electrons. The van der Waals surface area contributed by atoms with E-state index in [2.05, 4.69) is 21.5 Å². The van der Waals surface area contributed by atoms with Gasteiger partial charge in [-0.15, -0.1) is 5.53 Å². The Balaban J connectivity index is 1.52. The van der Waals surface area contributed by atoms with Crippen molar-refractivity contribution in [2.45, 2.75) is 37.8 Å². The average Bonchev–Trinajstić information content (AvgIpc) is 3.45. The number of hydrazine groups is 2. The van der Waals surface area contributed by atoms with Crippen LogP contribution in [0.5, 0.6) is 0 Å². The molecule has 0 aromatic rings. The van der Waals surface area contributed by atoms with E-state index in [0.717, 1.165) is 25.8 Å². The third-order valence-electron chi connectivity index (χ3n) is 5.77. The first kappa shape index (κ1) is 21.5. The minimum atomic E-state index is -1.39. The Morgan fingerprint density at radius 3 is 2.73 bits per heavy atom. The van der Waals surface area contributed by atoms with Gasteiger partial charge in [0.05, 0.1) is 18.2 Å². The Labute approximate surface area is 173 Å². The minimum absolute atomic E-state index is 0.0539. The lowest BCUT2D eigenvalue weighted by molar-refractivity contribution is -0.136. The molecule has 1 amide bonds. The third kappa shape index (κ3) is 5.05. The number of aliphatic carboxylic acids is 2. The highest BCUT2D eigenvalue weighted by molar-refractivity contribution is 5.95. The van der Waals surface area contributed by atoms with Gasteiger partial charge in [-0.3, -0.25) is 9.80 Å². The lowest BCUT2D eigenvalue weighted by atomic mass is 9.91. The summed E-state index contributed by atoms with van der Waals surface area (Å²) >= 11 is 0. The molecule has 4 atom stereocenters. The summed E-state index contributed by atoms with van der Waals surface area (Å²) in [7, 11) is 0. The number of hydrazone groups is 1. The molecule has 1 saturated carbocycles. The summed E-state index contributed by atoms with van der Waals surface area (Å²) in [6.45, 7) is 1.08. The highest BCUT2D eigenvalue weighted by Crippen LogP contribution is 2.31. The fourth-order valence-corrected chi connectivity index (χ4v) is 4.37. The van der Waals surface area contributed by atoms with Gasteiger partial charge >= 0.3 is 11.9 Å². The molecule has 162 valence electrons. The number of amides is 1. The second kappa shape index (κ2) is 9.55. The summed E-state index contributed by atoms with van der Waals surface area (Å²) in [5, 5.41) is 36.7. The Morgan fingerprint density at radius 2 is 2.10 bits per heavy atom. The number of nitriles is 1. The topological polar surface area (TPSA) is 170 Å². The summed E-state index contributed by atoms with van der Waals surface area (Å²) in [6.07, 6.45) is 5.39. The number of rotatable bonds is 8. The maximum absolute atomic E-state index is 12.7. The Kier molecular flexibility index (Phi) is 6.86. The standard InChI is InChI=1S/C18H25N7O5/c19-7-15-13(14(18(29)30)6-17(27)28)3-4-25(15)16(26)8-20-12-2-1-11(5-12)9-24-10-21-22-23-24/h6,10-13,15,20,22-23H,1-5,8-9H2,(H,27,28)(H,29,30)/b14-6-/t11?,12-,13?,15-/m1/s1. The van der Waals surface area contributed by atoms with E-state index in [9.17, 15) is 24.8 Å². The van der Waals surface area contributed by atoms with Gasteiger partial charge in [-0.1, -0.05) is 0 Å². The fourth-order valence-electron chi connectivity index (χ4n) is 4.37. The summed E-state index contributed by atoms with van der Waals surface area (Å²) in [4.78, 5) is 36.4. The van der Waals surface area contributed by atoms with Crippen molar-refractivity contribution in [2.75, 3.05) is 19.6 Å². The van der Waals surface area contributed by atoms with Crippen molar-refractivity contribution in [3.05, 3.63) is 11.6 Å². The number of nitrogens with one attached hydrogen (secondary N) is 3. The zero-order valence-electron chi connectivity index (χ0n) is 16.3. The molecule has 2 aliphatic heterocycles. The molecule has 2 fully saturated rings. The van der Waals surface area contributed by atoms with Crippen LogP contribution in [0.4, 0.5) is 0 Å². The van der Waals surface area contributed by atoms with E-state index < -0.39 is 23.9 Å². The molecule has 0 aromatic carbocycles. The van der Waals surface area contributed by atoms with Gasteiger partial charge in [0.1, 0.15) is 12.4 Å². The Bertz CT molecular complexity index is 792.